The van der Waals surface area contributed by atoms with Gasteiger partial charge in [0.1, 0.15) is 9.84 Å². The van der Waals surface area contributed by atoms with Crippen LogP contribution in [0.1, 0.15) is 6.92 Å². The molecule has 1 aliphatic heterocycles. The molecule has 1 fully saturated rings. The average molecular weight is 234 g/mol. The minimum absolute atomic E-state index is 0.262. The van der Waals surface area contributed by atoms with E-state index >= 15 is 0 Å². The first-order valence-electron chi connectivity index (χ1n) is 5.45. The van der Waals surface area contributed by atoms with Gasteiger partial charge in [0, 0.05) is 19.3 Å². The van der Waals surface area contributed by atoms with Crippen molar-refractivity contribution in [2.75, 3.05) is 45.2 Å². The molecule has 1 heterocycles. The average Bonchev–Trinajstić information content (AvgIpc) is 2.47. The maximum absolute atomic E-state index is 11.0. The summed E-state index contributed by atoms with van der Waals surface area (Å²) in [4.78, 5) is 2.12. The van der Waals surface area contributed by atoms with Crippen LogP contribution in [0.3, 0.4) is 0 Å². The Bertz CT molecular complexity index is 290. The van der Waals surface area contributed by atoms with E-state index in [1.807, 2.05) is 7.05 Å². The van der Waals surface area contributed by atoms with Gasteiger partial charge in [0.25, 0.3) is 0 Å². The highest BCUT2D eigenvalue weighted by atomic mass is 32.2. The van der Waals surface area contributed by atoms with Gasteiger partial charge >= 0.3 is 0 Å². The van der Waals surface area contributed by atoms with E-state index in [-0.39, 0.29) is 5.75 Å². The van der Waals surface area contributed by atoms with Crippen LogP contribution in [0.15, 0.2) is 0 Å². The molecule has 2 atom stereocenters. The highest BCUT2D eigenvalue weighted by Crippen LogP contribution is 2.16. The Morgan fingerprint density at radius 3 is 2.53 bits per heavy atom. The molecule has 4 nitrogen and oxygen atoms in total. The first-order valence-corrected chi connectivity index (χ1v) is 7.51. The molecule has 90 valence electrons. The lowest BCUT2D eigenvalue weighted by Gasteiger charge is -2.22. The van der Waals surface area contributed by atoms with Gasteiger partial charge in [-0.1, -0.05) is 6.92 Å². The van der Waals surface area contributed by atoms with E-state index in [4.69, 9.17) is 0 Å². The molecule has 0 aromatic carbocycles. The third-order valence-electron chi connectivity index (χ3n) is 3.07. The topological polar surface area (TPSA) is 49.4 Å². The monoisotopic (exact) mass is 234 g/mol. The van der Waals surface area contributed by atoms with Crippen molar-refractivity contribution in [3.8, 4) is 0 Å². The summed E-state index contributed by atoms with van der Waals surface area (Å²) in [5.74, 6) is 1.62. The van der Waals surface area contributed by atoms with Gasteiger partial charge in [0.05, 0.1) is 5.75 Å². The van der Waals surface area contributed by atoms with Crippen molar-refractivity contribution in [1.82, 2.24) is 10.2 Å². The molecule has 0 aromatic rings. The van der Waals surface area contributed by atoms with Crippen molar-refractivity contribution in [1.29, 1.82) is 0 Å². The summed E-state index contributed by atoms with van der Waals surface area (Å²) in [7, 11) is -0.827. The maximum atomic E-state index is 11.0. The van der Waals surface area contributed by atoms with Crippen LogP contribution in [0.25, 0.3) is 0 Å². The van der Waals surface area contributed by atoms with Crippen molar-refractivity contribution < 1.29 is 8.42 Å². The lowest BCUT2D eigenvalue weighted by molar-refractivity contribution is 0.270. The maximum Gasteiger partial charge on any atom is 0.148 e. The molecule has 0 saturated carbocycles. The number of hydrogen-bond acceptors (Lipinski definition) is 4. The highest BCUT2D eigenvalue weighted by molar-refractivity contribution is 7.90. The number of sulfone groups is 1. The summed E-state index contributed by atoms with van der Waals surface area (Å²) in [5, 5.41) is 3.35. The quantitative estimate of drug-likeness (QED) is 0.717. The number of rotatable bonds is 5. The zero-order valence-electron chi connectivity index (χ0n) is 9.86. The van der Waals surface area contributed by atoms with E-state index in [0.717, 1.165) is 19.6 Å². The summed E-state index contributed by atoms with van der Waals surface area (Å²) >= 11 is 0. The molecule has 5 heteroatoms. The molecule has 0 bridgehead atoms. The fourth-order valence-corrected chi connectivity index (χ4v) is 2.57. The van der Waals surface area contributed by atoms with E-state index in [0.29, 0.717) is 18.4 Å². The Balaban J connectivity index is 2.26. The minimum atomic E-state index is -2.82. The molecule has 1 rings (SSSR count). The van der Waals surface area contributed by atoms with Gasteiger partial charge in [-0.25, -0.2) is 8.42 Å². The summed E-state index contributed by atoms with van der Waals surface area (Å²) in [6, 6.07) is 0. The van der Waals surface area contributed by atoms with Crippen molar-refractivity contribution in [2.24, 2.45) is 11.8 Å². The van der Waals surface area contributed by atoms with Crippen LogP contribution < -0.4 is 5.32 Å². The third-order valence-corrected chi connectivity index (χ3v) is 3.99. The Morgan fingerprint density at radius 1 is 1.40 bits per heavy atom. The number of hydrogen-bond donors (Lipinski definition) is 1. The molecule has 0 spiro atoms. The van der Waals surface area contributed by atoms with Crippen LogP contribution in [-0.2, 0) is 9.84 Å². The molecular weight excluding hydrogens is 212 g/mol. The fourth-order valence-electron chi connectivity index (χ4n) is 1.92. The van der Waals surface area contributed by atoms with Gasteiger partial charge in [-0.2, -0.15) is 0 Å². The summed E-state index contributed by atoms with van der Waals surface area (Å²) in [5.41, 5.74) is 0. The van der Waals surface area contributed by atoms with Crippen LogP contribution in [0.4, 0.5) is 0 Å². The molecule has 1 N–H and O–H groups in total. The van der Waals surface area contributed by atoms with Crippen molar-refractivity contribution in [2.45, 2.75) is 6.92 Å². The second-order valence-corrected chi connectivity index (χ2v) is 7.05. The largest absolute Gasteiger partial charge is 0.316 e. The normalized spacial score (nSPS) is 27.5. The van der Waals surface area contributed by atoms with E-state index in [9.17, 15) is 8.42 Å². The van der Waals surface area contributed by atoms with E-state index in [2.05, 4.69) is 17.1 Å². The highest BCUT2D eigenvalue weighted by Gasteiger charge is 2.24. The van der Waals surface area contributed by atoms with Gasteiger partial charge in [-0.05, 0) is 32.0 Å². The summed E-state index contributed by atoms with van der Waals surface area (Å²) in [6.45, 7) is 6.02. The van der Waals surface area contributed by atoms with Crippen LogP contribution >= 0.6 is 0 Å². The summed E-state index contributed by atoms with van der Waals surface area (Å²) < 4.78 is 22.0. The fraction of sp³-hybridized carbons (Fsp3) is 1.00. The van der Waals surface area contributed by atoms with E-state index in [1.54, 1.807) is 0 Å². The number of nitrogens with one attached hydrogen (secondary N) is 1. The van der Waals surface area contributed by atoms with Crippen LogP contribution in [0, 0.1) is 11.8 Å². The molecular formula is C10H22N2O2S. The minimum Gasteiger partial charge on any atom is -0.316 e. The first kappa shape index (κ1) is 12.9. The van der Waals surface area contributed by atoms with Gasteiger partial charge < -0.3 is 10.2 Å². The standard InChI is InChI=1S/C10H22N2O2S/c1-9-6-11-7-10(9)8-12(2)4-5-15(3,13)14/h9-11H,4-8H2,1-3H3. The van der Waals surface area contributed by atoms with Crippen LogP contribution in [0.2, 0.25) is 0 Å². The predicted octanol–water partition coefficient (Wildman–Crippen LogP) is -0.182. The van der Waals surface area contributed by atoms with Crippen molar-refractivity contribution >= 4 is 9.84 Å². The van der Waals surface area contributed by atoms with Crippen molar-refractivity contribution in [3.05, 3.63) is 0 Å². The Morgan fingerprint density at radius 2 is 2.07 bits per heavy atom. The number of nitrogens with zero attached hydrogens (tertiary/aromatic N) is 1. The first-order chi connectivity index (χ1) is 6.88. The van der Waals surface area contributed by atoms with E-state index in [1.165, 1.54) is 6.26 Å². The lowest BCUT2D eigenvalue weighted by Crippen LogP contribution is -2.32. The van der Waals surface area contributed by atoms with Crippen molar-refractivity contribution in [3.63, 3.8) is 0 Å². The van der Waals surface area contributed by atoms with E-state index < -0.39 is 9.84 Å². The van der Waals surface area contributed by atoms with Crippen LogP contribution in [0.5, 0.6) is 0 Å². The molecule has 1 saturated heterocycles. The molecule has 0 amide bonds. The molecule has 0 radical (unpaired) electrons. The molecule has 15 heavy (non-hydrogen) atoms. The predicted molar refractivity (Wildman–Crippen MR) is 62.7 cm³/mol. The molecule has 1 aliphatic rings. The summed E-state index contributed by atoms with van der Waals surface area (Å²) in [6.07, 6.45) is 1.29. The van der Waals surface area contributed by atoms with Crippen LogP contribution in [-0.4, -0.2) is 58.6 Å². The Hall–Kier alpha value is -0.130. The smallest absolute Gasteiger partial charge is 0.148 e. The van der Waals surface area contributed by atoms with Gasteiger partial charge in [-0.3, -0.25) is 0 Å². The van der Waals surface area contributed by atoms with Gasteiger partial charge in [0.15, 0.2) is 0 Å². The second kappa shape index (κ2) is 5.27. The zero-order chi connectivity index (χ0) is 11.5. The second-order valence-electron chi connectivity index (χ2n) is 4.79. The Labute approximate surface area is 93.0 Å². The van der Waals surface area contributed by atoms with Gasteiger partial charge in [0.2, 0.25) is 0 Å². The third kappa shape index (κ3) is 4.95. The zero-order valence-corrected chi connectivity index (χ0v) is 10.7. The molecule has 2 unspecified atom stereocenters. The molecule has 0 aliphatic carbocycles. The lowest BCUT2D eigenvalue weighted by atomic mass is 9.98. The molecule has 0 aromatic heterocycles. The Kier molecular flexibility index (Phi) is 4.55. The SMILES string of the molecule is CC1CNCC1CN(C)CCS(C)(=O)=O. The van der Waals surface area contributed by atoms with Gasteiger partial charge in [-0.15, -0.1) is 0 Å².